The lowest BCUT2D eigenvalue weighted by Gasteiger charge is -2.13. The summed E-state index contributed by atoms with van der Waals surface area (Å²) in [4.78, 5) is 28.9. The molecule has 3 aromatic rings. The Kier molecular flexibility index (Phi) is 7.08. The van der Waals surface area contributed by atoms with Crippen LogP contribution in [0.4, 0.5) is 0 Å². The molecule has 0 aliphatic carbocycles. The molecule has 30 heavy (non-hydrogen) atoms. The molecule has 3 rings (SSSR count). The zero-order valence-corrected chi connectivity index (χ0v) is 17.7. The average molecular weight is 429 g/mol. The number of rotatable bonds is 8. The summed E-state index contributed by atoms with van der Waals surface area (Å²) in [7, 11) is 1.51. The van der Waals surface area contributed by atoms with E-state index < -0.39 is 11.8 Å². The zero-order chi connectivity index (χ0) is 21.5. The summed E-state index contributed by atoms with van der Waals surface area (Å²) in [6, 6.07) is 8.33. The Morgan fingerprint density at radius 3 is 2.67 bits per heavy atom. The van der Waals surface area contributed by atoms with Gasteiger partial charge >= 0.3 is 0 Å². The Balaban J connectivity index is 1.58. The lowest BCUT2D eigenvalue weighted by molar-refractivity contribution is 0.0844. The molecule has 2 heterocycles. The number of hydrazine groups is 1. The van der Waals surface area contributed by atoms with E-state index >= 15 is 0 Å². The fraction of sp³-hybridized carbons (Fsp3) is 0.286. The van der Waals surface area contributed by atoms with Gasteiger partial charge in [-0.25, -0.2) is 4.98 Å². The molecule has 0 unspecified atom stereocenters. The minimum Gasteiger partial charge on any atom is -0.493 e. The second kappa shape index (κ2) is 9.93. The first-order valence-electron chi connectivity index (χ1n) is 9.39. The number of methoxy groups -OCH3 is 1. The molecule has 2 aromatic heterocycles. The molecular weight excluding hydrogens is 406 g/mol. The number of amides is 2. The number of thiazole rings is 1. The first-order chi connectivity index (χ1) is 14.5. The van der Waals surface area contributed by atoms with Gasteiger partial charge in [0.2, 0.25) is 0 Å². The van der Waals surface area contributed by atoms with E-state index in [2.05, 4.69) is 29.7 Å². The normalized spacial score (nSPS) is 10.7. The number of nitrogens with zero attached hydrogens (tertiary/aromatic N) is 1. The highest BCUT2D eigenvalue weighted by molar-refractivity contribution is 7.13. The van der Waals surface area contributed by atoms with Gasteiger partial charge in [0.05, 0.1) is 20.0 Å². The summed E-state index contributed by atoms with van der Waals surface area (Å²) in [6.07, 6.45) is 2.45. The van der Waals surface area contributed by atoms with Gasteiger partial charge in [-0.2, -0.15) is 0 Å². The largest absolute Gasteiger partial charge is 0.493 e. The Morgan fingerprint density at radius 1 is 1.17 bits per heavy atom. The van der Waals surface area contributed by atoms with E-state index in [1.165, 1.54) is 24.7 Å². The topological polar surface area (TPSA) is 103 Å². The van der Waals surface area contributed by atoms with Crippen molar-refractivity contribution in [1.82, 2.24) is 15.8 Å². The van der Waals surface area contributed by atoms with Crippen molar-refractivity contribution in [3.63, 3.8) is 0 Å². The van der Waals surface area contributed by atoms with E-state index in [0.717, 1.165) is 6.42 Å². The second-order valence-corrected chi connectivity index (χ2v) is 7.68. The molecule has 2 N–H and O–H groups in total. The first-order valence-corrected chi connectivity index (χ1v) is 10.3. The van der Waals surface area contributed by atoms with Gasteiger partial charge < -0.3 is 13.9 Å². The molecule has 0 aliphatic heterocycles. The highest BCUT2D eigenvalue weighted by Crippen LogP contribution is 2.28. The van der Waals surface area contributed by atoms with E-state index in [4.69, 9.17) is 13.9 Å². The van der Waals surface area contributed by atoms with Crippen LogP contribution in [0.2, 0.25) is 0 Å². The molecule has 8 nitrogen and oxygen atoms in total. The SMILES string of the molecule is COc1cc(C(=O)NNC(=O)c2csc(-c3ccco3)n2)ccc1OCCC(C)C. The number of hydrogen-bond donors (Lipinski definition) is 2. The predicted molar refractivity (Wildman–Crippen MR) is 113 cm³/mol. The lowest BCUT2D eigenvalue weighted by Crippen LogP contribution is -2.41. The van der Waals surface area contributed by atoms with Gasteiger partial charge in [0, 0.05) is 10.9 Å². The lowest BCUT2D eigenvalue weighted by atomic mass is 10.1. The summed E-state index contributed by atoms with van der Waals surface area (Å²) in [5.74, 6) is 1.09. The third-order valence-corrected chi connectivity index (χ3v) is 4.99. The van der Waals surface area contributed by atoms with Gasteiger partial charge in [-0.3, -0.25) is 20.4 Å². The van der Waals surface area contributed by atoms with Crippen LogP contribution < -0.4 is 20.3 Å². The van der Waals surface area contributed by atoms with Crippen LogP contribution in [0.25, 0.3) is 10.8 Å². The van der Waals surface area contributed by atoms with Gasteiger partial charge in [-0.1, -0.05) is 13.8 Å². The molecule has 0 aliphatic rings. The van der Waals surface area contributed by atoms with E-state index in [9.17, 15) is 9.59 Å². The summed E-state index contributed by atoms with van der Waals surface area (Å²) < 4.78 is 16.3. The summed E-state index contributed by atoms with van der Waals surface area (Å²) in [5.41, 5.74) is 5.23. The third-order valence-electron chi connectivity index (χ3n) is 4.14. The number of benzene rings is 1. The van der Waals surface area contributed by atoms with Gasteiger partial charge in [0.1, 0.15) is 5.69 Å². The molecule has 9 heteroatoms. The maximum atomic E-state index is 12.4. The van der Waals surface area contributed by atoms with Crippen molar-refractivity contribution in [1.29, 1.82) is 0 Å². The Hall–Kier alpha value is -3.33. The molecule has 1 aromatic carbocycles. The van der Waals surface area contributed by atoms with Crippen LogP contribution in [0.15, 0.2) is 46.4 Å². The van der Waals surface area contributed by atoms with Crippen LogP contribution in [0.5, 0.6) is 11.5 Å². The fourth-order valence-corrected chi connectivity index (χ4v) is 3.24. The molecule has 0 bridgehead atoms. The van der Waals surface area contributed by atoms with Crippen LogP contribution >= 0.6 is 11.3 Å². The number of hydrogen-bond acceptors (Lipinski definition) is 7. The second-order valence-electron chi connectivity index (χ2n) is 6.82. The van der Waals surface area contributed by atoms with Crippen molar-refractivity contribution in [2.24, 2.45) is 5.92 Å². The Labute approximate surface area is 178 Å². The summed E-state index contributed by atoms with van der Waals surface area (Å²) in [6.45, 7) is 4.79. The number of furan rings is 1. The van der Waals surface area contributed by atoms with Crippen molar-refractivity contribution in [3.8, 4) is 22.3 Å². The van der Waals surface area contributed by atoms with Crippen molar-refractivity contribution < 1.29 is 23.5 Å². The molecule has 0 atom stereocenters. The zero-order valence-electron chi connectivity index (χ0n) is 16.9. The minimum atomic E-state index is -0.530. The smallest absolute Gasteiger partial charge is 0.289 e. The molecule has 0 saturated carbocycles. The van der Waals surface area contributed by atoms with Crippen LogP contribution in [-0.2, 0) is 0 Å². The maximum absolute atomic E-state index is 12.4. The molecule has 0 fully saturated rings. The van der Waals surface area contributed by atoms with E-state index in [0.29, 0.717) is 40.4 Å². The summed E-state index contributed by atoms with van der Waals surface area (Å²) >= 11 is 1.27. The highest BCUT2D eigenvalue weighted by Gasteiger charge is 2.16. The third kappa shape index (κ3) is 5.38. The van der Waals surface area contributed by atoms with Crippen LogP contribution in [-0.4, -0.2) is 30.5 Å². The van der Waals surface area contributed by atoms with Crippen molar-refractivity contribution in [2.75, 3.05) is 13.7 Å². The predicted octanol–water partition coefficient (Wildman–Crippen LogP) is 3.91. The Morgan fingerprint density at radius 2 is 1.97 bits per heavy atom. The van der Waals surface area contributed by atoms with E-state index in [1.807, 2.05) is 0 Å². The minimum absolute atomic E-state index is 0.179. The van der Waals surface area contributed by atoms with Gasteiger partial charge in [0.15, 0.2) is 22.3 Å². The molecule has 0 saturated heterocycles. The standard InChI is InChI=1S/C21H23N3O5S/c1-13(2)8-10-29-16-7-6-14(11-18(16)27-3)19(25)23-24-20(26)15-12-30-21(22-15)17-5-4-9-28-17/h4-7,9,11-13H,8,10H2,1-3H3,(H,23,25)(H,24,26). The van der Waals surface area contributed by atoms with Crippen molar-refractivity contribution in [2.45, 2.75) is 20.3 Å². The summed E-state index contributed by atoms with van der Waals surface area (Å²) in [5, 5.41) is 2.17. The quantitative estimate of drug-likeness (QED) is 0.526. The number of carbonyl (C=O) groups is 2. The monoisotopic (exact) mass is 429 g/mol. The molecule has 2 amide bonds. The van der Waals surface area contributed by atoms with Gasteiger partial charge in [-0.05, 0) is 42.7 Å². The van der Waals surface area contributed by atoms with Gasteiger partial charge in [0.25, 0.3) is 11.8 Å². The molecular formula is C21H23N3O5S. The van der Waals surface area contributed by atoms with Crippen LogP contribution in [0.1, 0.15) is 41.1 Å². The van der Waals surface area contributed by atoms with Crippen LogP contribution in [0.3, 0.4) is 0 Å². The Bertz CT molecular complexity index is 998. The van der Waals surface area contributed by atoms with E-state index in [1.54, 1.807) is 35.7 Å². The fourth-order valence-electron chi connectivity index (χ4n) is 2.47. The number of ether oxygens (including phenoxy) is 2. The first kappa shape index (κ1) is 21.4. The number of aromatic nitrogens is 1. The van der Waals surface area contributed by atoms with Crippen molar-refractivity contribution in [3.05, 3.63) is 53.2 Å². The number of nitrogens with one attached hydrogen (secondary N) is 2. The van der Waals surface area contributed by atoms with Crippen LogP contribution in [0, 0.1) is 5.92 Å². The number of carbonyl (C=O) groups excluding carboxylic acids is 2. The maximum Gasteiger partial charge on any atom is 0.289 e. The van der Waals surface area contributed by atoms with Gasteiger partial charge in [-0.15, -0.1) is 11.3 Å². The van der Waals surface area contributed by atoms with Crippen molar-refractivity contribution >= 4 is 23.2 Å². The van der Waals surface area contributed by atoms with E-state index in [-0.39, 0.29) is 5.69 Å². The molecule has 0 radical (unpaired) electrons. The molecule has 0 spiro atoms. The molecule has 158 valence electrons. The average Bonchev–Trinajstić information content (AvgIpc) is 3.43. The highest BCUT2D eigenvalue weighted by atomic mass is 32.1.